The Morgan fingerprint density at radius 1 is 1.29 bits per heavy atom. The van der Waals surface area contributed by atoms with E-state index in [1.807, 2.05) is 6.07 Å². The van der Waals surface area contributed by atoms with Crippen molar-refractivity contribution in [3.63, 3.8) is 0 Å². The van der Waals surface area contributed by atoms with E-state index >= 15 is 0 Å². The zero-order valence-corrected chi connectivity index (χ0v) is 13.9. The summed E-state index contributed by atoms with van der Waals surface area (Å²) in [4.78, 5) is 9.57. The van der Waals surface area contributed by atoms with Crippen LogP contribution in [0, 0.1) is 0 Å². The minimum Gasteiger partial charge on any atom is -0.369 e. The highest BCUT2D eigenvalue weighted by atomic mass is 35.5. The fourth-order valence-electron chi connectivity index (χ4n) is 3.23. The lowest BCUT2D eigenvalue weighted by Gasteiger charge is -2.38. The van der Waals surface area contributed by atoms with Gasteiger partial charge in [-0.15, -0.1) is 0 Å². The summed E-state index contributed by atoms with van der Waals surface area (Å²) in [7, 11) is 0. The second kappa shape index (κ2) is 6.59. The van der Waals surface area contributed by atoms with Crippen molar-refractivity contribution in [1.29, 1.82) is 0 Å². The van der Waals surface area contributed by atoms with Gasteiger partial charge in [0.15, 0.2) is 0 Å². The van der Waals surface area contributed by atoms with Gasteiger partial charge in [0.05, 0.1) is 10.0 Å². The monoisotopic (exact) mass is 328 g/mol. The van der Waals surface area contributed by atoms with Crippen molar-refractivity contribution in [3.05, 3.63) is 16.1 Å². The minimum absolute atomic E-state index is 0.594. The molecule has 2 fully saturated rings. The first kappa shape index (κ1) is 15.2. The van der Waals surface area contributed by atoms with Crippen molar-refractivity contribution < 1.29 is 0 Å². The molecule has 2 saturated heterocycles. The molecule has 1 aromatic heterocycles. The Kier molecular flexibility index (Phi) is 4.77. The van der Waals surface area contributed by atoms with E-state index in [4.69, 9.17) is 23.2 Å². The quantitative estimate of drug-likeness (QED) is 0.916. The van der Waals surface area contributed by atoms with Gasteiger partial charge < -0.3 is 10.2 Å². The van der Waals surface area contributed by atoms with E-state index in [0.29, 0.717) is 16.1 Å². The van der Waals surface area contributed by atoms with Gasteiger partial charge in [0, 0.05) is 32.2 Å². The van der Waals surface area contributed by atoms with Gasteiger partial charge in [0.25, 0.3) is 0 Å². The summed E-state index contributed by atoms with van der Waals surface area (Å²) in [6, 6.07) is 2.46. The number of nitrogens with zero attached hydrogens (tertiary/aromatic N) is 3. The molecule has 0 aromatic carbocycles. The van der Waals surface area contributed by atoms with E-state index < -0.39 is 0 Å². The molecule has 2 aliphatic rings. The van der Waals surface area contributed by atoms with E-state index in [9.17, 15) is 0 Å². The van der Waals surface area contributed by atoms with Crippen molar-refractivity contribution >= 4 is 34.8 Å². The minimum atomic E-state index is 0.594. The highest BCUT2D eigenvalue weighted by molar-refractivity contribution is 6.37. The first-order valence-corrected chi connectivity index (χ1v) is 8.53. The lowest BCUT2D eigenvalue weighted by Crippen LogP contribution is -2.50. The van der Waals surface area contributed by atoms with Crippen LogP contribution >= 0.6 is 23.2 Å². The highest BCUT2D eigenvalue weighted by Gasteiger charge is 2.31. The fourth-order valence-corrected chi connectivity index (χ4v) is 3.77. The molecular weight excluding hydrogens is 307 g/mol. The van der Waals surface area contributed by atoms with Gasteiger partial charge >= 0.3 is 0 Å². The molecule has 3 heterocycles. The molecule has 3 rings (SSSR count). The lowest BCUT2D eigenvalue weighted by molar-refractivity contribution is 0.230. The van der Waals surface area contributed by atoms with Gasteiger partial charge in [0.2, 0.25) is 0 Å². The van der Waals surface area contributed by atoms with E-state index in [1.54, 1.807) is 0 Å². The maximum Gasteiger partial charge on any atom is 0.150 e. The number of halogens is 2. The Hall–Kier alpha value is -0.710. The molecule has 0 aliphatic carbocycles. The zero-order chi connectivity index (χ0) is 14.8. The van der Waals surface area contributed by atoms with Crippen LogP contribution in [0.25, 0.3) is 0 Å². The lowest BCUT2D eigenvalue weighted by atomic mass is 10.1. The molecule has 0 amide bonds. The summed E-state index contributed by atoms with van der Waals surface area (Å²) in [5.74, 6) is 1.61. The zero-order valence-electron chi connectivity index (χ0n) is 12.4. The van der Waals surface area contributed by atoms with Gasteiger partial charge in [-0.25, -0.2) is 4.98 Å². The van der Waals surface area contributed by atoms with Crippen molar-refractivity contribution in [2.24, 2.45) is 0 Å². The van der Waals surface area contributed by atoms with Gasteiger partial charge in [-0.05, 0) is 31.9 Å². The van der Waals surface area contributed by atoms with Crippen LogP contribution in [-0.2, 0) is 0 Å². The number of anilines is 2. The largest absolute Gasteiger partial charge is 0.369 e. The molecule has 0 saturated carbocycles. The smallest absolute Gasteiger partial charge is 0.150 e. The predicted molar refractivity (Wildman–Crippen MR) is 89.8 cm³/mol. The van der Waals surface area contributed by atoms with Crippen LogP contribution in [-0.4, -0.2) is 48.6 Å². The molecule has 1 unspecified atom stereocenters. The van der Waals surface area contributed by atoms with Crippen LogP contribution in [0.4, 0.5) is 11.6 Å². The van der Waals surface area contributed by atoms with Crippen LogP contribution in [0.1, 0.15) is 26.2 Å². The topological polar surface area (TPSA) is 31.4 Å². The molecule has 4 nitrogen and oxygen atoms in total. The molecule has 116 valence electrons. The van der Waals surface area contributed by atoms with Gasteiger partial charge in [-0.3, -0.25) is 4.90 Å². The Balaban J connectivity index is 1.80. The van der Waals surface area contributed by atoms with Crippen molar-refractivity contribution in [2.75, 3.05) is 42.9 Å². The van der Waals surface area contributed by atoms with Crippen LogP contribution < -0.4 is 10.2 Å². The number of fused-ring (bicyclic) bond motifs is 1. The molecule has 1 aromatic rings. The summed E-state index contributed by atoms with van der Waals surface area (Å²) < 4.78 is 0. The molecule has 6 heteroatoms. The second-order valence-corrected chi connectivity index (χ2v) is 6.64. The number of hydrogen-bond donors (Lipinski definition) is 1. The Morgan fingerprint density at radius 3 is 2.95 bits per heavy atom. The van der Waals surface area contributed by atoms with Gasteiger partial charge in [0.1, 0.15) is 11.6 Å². The molecule has 0 radical (unpaired) electrons. The first-order valence-electron chi connectivity index (χ1n) is 7.78. The van der Waals surface area contributed by atoms with Crippen LogP contribution in [0.15, 0.2) is 6.07 Å². The van der Waals surface area contributed by atoms with Crippen molar-refractivity contribution in [1.82, 2.24) is 9.88 Å². The molecule has 2 aliphatic heterocycles. The Labute approximate surface area is 136 Å². The van der Waals surface area contributed by atoms with E-state index in [2.05, 4.69) is 27.0 Å². The maximum absolute atomic E-state index is 6.38. The number of hydrogen-bond acceptors (Lipinski definition) is 4. The van der Waals surface area contributed by atoms with Crippen LogP contribution in [0.2, 0.25) is 10.0 Å². The number of piperazine rings is 1. The Bertz CT molecular complexity index is 509. The highest BCUT2D eigenvalue weighted by Crippen LogP contribution is 2.33. The third kappa shape index (κ3) is 3.22. The molecular formula is C15H22Cl2N4. The molecule has 21 heavy (non-hydrogen) atoms. The average Bonchev–Trinajstić information content (AvgIpc) is 2.94. The number of nitrogens with one attached hydrogen (secondary N) is 1. The summed E-state index contributed by atoms with van der Waals surface area (Å²) in [6.45, 7) is 7.33. The van der Waals surface area contributed by atoms with Crippen LogP contribution in [0.3, 0.4) is 0 Å². The molecule has 1 atom stereocenters. The standard InChI is InChI=1S/C15H22Cl2N4/c1-2-5-18-14-12(16)9-13(17)15(19-14)21-8-7-20-6-3-4-11(20)10-21/h9,11H,2-8,10H2,1H3,(H,18,19). The molecule has 0 bridgehead atoms. The molecule has 0 spiro atoms. The number of rotatable bonds is 4. The summed E-state index contributed by atoms with van der Waals surface area (Å²) >= 11 is 12.6. The first-order chi connectivity index (χ1) is 10.2. The molecule has 1 N–H and O–H groups in total. The van der Waals surface area contributed by atoms with Gasteiger partial charge in [-0.1, -0.05) is 30.1 Å². The summed E-state index contributed by atoms with van der Waals surface area (Å²) in [6.07, 6.45) is 3.63. The SMILES string of the molecule is CCCNc1nc(N2CCN3CCCC3C2)c(Cl)cc1Cl. The van der Waals surface area contributed by atoms with E-state index in [1.165, 1.54) is 19.4 Å². The number of pyridine rings is 1. The third-order valence-corrected chi connectivity index (χ3v) is 4.91. The number of aromatic nitrogens is 1. The Morgan fingerprint density at radius 2 is 2.14 bits per heavy atom. The van der Waals surface area contributed by atoms with Crippen molar-refractivity contribution in [3.8, 4) is 0 Å². The van der Waals surface area contributed by atoms with E-state index in [-0.39, 0.29) is 0 Å². The van der Waals surface area contributed by atoms with Crippen LogP contribution in [0.5, 0.6) is 0 Å². The maximum atomic E-state index is 6.38. The van der Waals surface area contributed by atoms with Crippen molar-refractivity contribution in [2.45, 2.75) is 32.2 Å². The second-order valence-electron chi connectivity index (χ2n) is 5.83. The van der Waals surface area contributed by atoms with Gasteiger partial charge in [-0.2, -0.15) is 0 Å². The normalized spacial score (nSPS) is 22.4. The van der Waals surface area contributed by atoms with E-state index in [0.717, 1.165) is 44.2 Å². The fraction of sp³-hybridized carbons (Fsp3) is 0.667. The predicted octanol–water partition coefficient (Wildman–Crippen LogP) is 3.49. The summed E-state index contributed by atoms with van der Waals surface area (Å²) in [5, 5.41) is 4.52. The third-order valence-electron chi connectivity index (χ3n) is 4.34. The average molecular weight is 329 g/mol. The summed E-state index contributed by atoms with van der Waals surface area (Å²) in [5.41, 5.74) is 0.